The molecule has 1 heterocycles. The lowest BCUT2D eigenvalue weighted by Crippen LogP contribution is -2.32. The zero-order valence-corrected chi connectivity index (χ0v) is 11.8. The average Bonchev–Trinajstić information content (AvgIpc) is 2.38. The van der Waals surface area contributed by atoms with Gasteiger partial charge in [-0.15, -0.1) is 0 Å². The number of hydrogen-bond donors (Lipinski definition) is 1. The van der Waals surface area contributed by atoms with Gasteiger partial charge in [0.1, 0.15) is 5.02 Å². The SMILES string of the molecule is CCCCn1ncc(N(CC)CCN)c(Cl)c1=O. The first-order chi connectivity index (χ1) is 8.65. The number of nitrogens with zero attached hydrogens (tertiary/aromatic N) is 3. The number of likely N-dealkylation sites (N-methyl/N-ethyl adjacent to an activating group) is 1. The third-order valence-electron chi connectivity index (χ3n) is 2.81. The van der Waals surface area contributed by atoms with Crippen LogP contribution in [0.4, 0.5) is 5.69 Å². The smallest absolute Gasteiger partial charge is 0.287 e. The number of aryl methyl sites for hydroxylation is 1. The van der Waals surface area contributed by atoms with Gasteiger partial charge < -0.3 is 10.6 Å². The highest BCUT2D eigenvalue weighted by molar-refractivity contribution is 6.33. The summed E-state index contributed by atoms with van der Waals surface area (Å²) in [7, 11) is 0. The van der Waals surface area contributed by atoms with E-state index in [1.807, 2.05) is 11.8 Å². The number of unbranched alkanes of at least 4 members (excludes halogenated alkanes) is 1. The molecule has 0 amide bonds. The maximum atomic E-state index is 12.0. The first kappa shape index (κ1) is 15.0. The van der Waals surface area contributed by atoms with E-state index in [-0.39, 0.29) is 10.6 Å². The fraction of sp³-hybridized carbons (Fsp3) is 0.667. The minimum absolute atomic E-state index is 0.224. The highest BCUT2D eigenvalue weighted by Crippen LogP contribution is 2.20. The van der Waals surface area contributed by atoms with E-state index in [0.717, 1.165) is 19.4 Å². The topological polar surface area (TPSA) is 64.2 Å². The second-order valence-corrected chi connectivity index (χ2v) is 4.47. The quantitative estimate of drug-likeness (QED) is 0.817. The van der Waals surface area contributed by atoms with Crippen LogP contribution < -0.4 is 16.2 Å². The lowest BCUT2D eigenvalue weighted by atomic mass is 10.3. The Labute approximate surface area is 113 Å². The molecule has 6 heteroatoms. The fourth-order valence-corrected chi connectivity index (χ4v) is 2.01. The summed E-state index contributed by atoms with van der Waals surface area (Å²) in [5, 5.41) is 4.40. The van der Waals surface area contributed by atoms with Gasteiger partial charge in [0.15, 0.2) is 0 Å². The molecular weight excluding hydrogens is 252 g/mol. The molecule has 0 spiro atoms. The second kappa shape index (κ2) is 7.38. The molecule has 0 aromatic carbocycles. The van der Waals surface area contributed by atoms with Crippen LogP contribution in [0.2, 0.25) is 5.02 Å². The zero-order chi connectivity index (χ0) is 13.5. The summed E-state index contributed by atoms with van der Waals surface area (Å²) >= 11 is 6.13. The first-order valence-corrected chi connectivity index (χ1v) is 6.74. The van der Waals surface area contributed by atoms with Gasteiger partial charge in [0.05, 0.1) is 11.9 Å². The lowest BCUT2D eigenvalue weighted by molar-refractivity contribution is 0.542. The van der Waals surface area contributed by atoms with Crippen LogP contribution in [0, 0.1) is 0 Å². The highest BCUT2D eigenvalue weighted by Gasteiger charge is 2.13. The largest absolute Gasteiger partial charge is 0.368 e. The normalized spacial score (nSPS) is 10.7. The van der Waals surface area contributed by atoms with Gasteiger partial charge in [0.25, 0.3) is 5.56 Å². The van der Waals surface area contributed by atoms with Crippen LogP contribution >= 0.6 is 11.6 Å². The standard InChI is InChI=1S/C12H21ClN4O/c1-3-5-7-17-12(18)11(13)10(9-15-17)16(4-2)8-6-14/h9H,3-8,14H2,1-2H3. The summed E-state index contributed by atoms with van der Waals surface area (Å²) in [6, 6.07) is 0. The molecule has 2 N–H and O–H groups in total. The van der Waals surface area contributed by atoms with Gasteiger partial charge in [-0.1, -0.05) is 24.9 Å². The molecule has 0 radical (unpaired) electrons. The monoisotopic (exact) mass is 272 g/mol. The Kier molecular flexibility index (Phi) is 6.15. The van der Waals surface area contributed by atoms with E-state index >= 15 is 0 Å². The van der Waals surface area contributed by atoms with Crippen molar-refractivity contribution in [1.29, 1.82) is 0 Å². The summed E-state index contributed by atoms with van der Waals surface area (Å²) in [6.07, 6.45) is 3.59. The minimum Gasteiger partial charge on any atom is -0.368 e. The van der Waals surface area contributed by atoms with Crippen molar-refractivity contribution in [3.8, 4) is 0 Å². The lowest BCUT2D eigenvalue weighted by Gasteiger charge is -2.23. The van der Waals surface area contributed by atoms with Crippen LogP contribution in [0.1, 0.15) is 26.7 Å². The molecule has 0 unspecified atom stereocenters. The molecule has 0 saturated heterocycles. The van der Waals surface area contributed by atoms with Crippen molar-refractivity contribution in [1.82, 2.24) is 9.78 Å². The number of anilines is 1. The number of aromatic nitrogens is 2. The van der Waals surface area contributed by atoms with E-state index in [1.54, 1.807) is 6.20 Å². The molecule has 5 nitrogen and oxygen atoms in total. The van der Waals surface area contributed by atoms with Crippen LogP contribution in [0.3, 0.4) is 0 Å². The van der Waals surface area contributed by atoms with Gasteiger partial charge in [0.2, 0.25) is 0 Å². The van der Waals surface area contributed by atoms with Gasteiger partial charge in [-0.2, -0.15) is 5.10 Å². The van der Waals surface area contributed by atoms with E-state index in [9.17, 15) is 4.79 Å². The highest BCUT2D eigenvalue weighted by atomic mass is 35.5. The summed E-state index contributed by atoms with van der Waals surface area (Å²) in [5.74, 6) is 0. The number of halogens is 1. The van der Waals surface area contributed by atoms with E-state index < -0.39 is 0 Å². The Morgan fingerprint density at radius 2 is 2.22 bits per heavy atom. The van der Waals surface area contributed by atoms with E-state index in [0.29, 0.717) is 25.3 Å². The maximum Gasteiger partial charge on any atom is 0.287 e. The molecule has 0 atom stereocenters. The molecule has 0 saturated carbocycles. The van der Waals surface area contributed by atoms with Crippen molar-refractivity contribution in [3.63, 3.8) is 0 Å². The third kappa shape index (κ3) is 3.46. The summed E-state index contributed by atoms with van der Waals surface area (Å²) < 4.78 is 1.42. The van der Waals surface area contributed by atoms with Gasteiger partial charge in [-0.3, -0.25) is 4.79 Å². The number of hydrogen-bond acceptors (Lipinski definition) is 4. The zero-order valence-electron chi connectivity index (χ0n) is 11.0. The second-order valence-electron chi connectivity index (χ2n) is 4.09. The summed E-state index contributed by atoms with van der Waals surface area (Å²) in [5.41, 5.74) is 5.98. The van der Waals surface area contributed by atoms with E-state index in [2.05, 4.69) is 12.0 Å². The van der Waals surface area contributed by atoms with Gasteiger partial charge in [-0.25, -0.2) is 4.68 Å². The maximum absolute atomic E-state index is 12.0. The molecule has 1 aromatic heterocycles. The van der Waals surface area contributed by atoms with E-state index in [1.165, 1.54) is 4.68 Å². The molecule has 0 aliphatic carbocycles. The van der Waals surface area contributed by atoms with Crippen LogP contribution in [-0.4, -0.2) is 29.4 Å². The van der Waals surface area contributed by atoms with Crippen molar-refractivity contribution in [2.24, 2.45) is 5.73 Å². The molecule has 0 aliphatic heterocycles. The van der Waals surface area contributed by atoms with Gasteiger partial charge in [0, 0.05) is 26.2 Å². The van der Waals surface area contributed by atoms with Gasteiger partial charge >= 0.3 is 0 Å². The van der Waals surface area contributed by atoms with E-state index in [4.69, 9.17) is 17.3 Å². The van der Waals surface area contributed by atoms with Crippen molar-refractivity contribution in [2.75, 3.05) is 24.5 Å². The Hall–Kier alpha value is -1.07. The van der Waals surface area contributed by atoms with Crippen LogP contribution in [0.25, 0.3) is 0 Å². The van der Waals surface area contributed by atoms with Crippen molar-refractivity contribution < 1.29 is 0 Å². The fourth-order valence-electron chi connectivity index (χ4n) is 1.75. The molecule has 0 aliphatic rings. The van der Waals surface area contributed by atoms with Gasteiger partial charge in [-0.05, 0) is 13.3 Å². The molecule has 18 heavy (non-hydrogen) atoms. The third-order valence-corrected chi connectivity index (χ3v) is 3.17. The van der Waals surface area contributed by atoms with Crippen LogP contribution in [-0.2, 0) is 6.54 Å². The summed E-state index contributed by atoms with van der Waals surface area (Å²) in [6.45, 7) is 6.60. The minimum atomic E-state index is -0.224. The average molecular weight is 273 g/mol. The van der Waals surface area contributed by atoms with Crippen molar-refractivity contribution in [3.05, 3.63) is 21.6 Å². The number of nitrogens with two attached hydrogens (primary N) is 1. The Morgan fingerprint density at radius 3 is 2.78 bits per heavy atom. The Morgan fingerprint density at radius 1 is 1.50 bits per heavy atom. The number of rotatable bonds is 7. The van der Waals surface area contributed by atoms with Crippen LogP contribution in [0.5, 0.6) is 0 Å². The summed E-state index contributed by atoms with van der Waals surface area (Å²) in [4.78, 5) is 14.0. The molecule has 102 valence electrons. The Bertz CT molecular complexity index is 433. The first-order valence-electron chi connectivity index (χ1n) is 6.36. The molecule has 0 bridgehead atoms. The predicted molar refractivity (Wildman–Crippen MR) is 75.4 cm³/mol. The predicted octanol–water partition coefficient (Wildman–Crippen LogP) is 1.48. The van der Waals surface area contributed by atoms with Crippen molar-refractivity contribution in [2.45, 2.75) is 33.2 Å². The Balaban J connectivity index is 3.02. The molecule has 1 aromatic rings. The molecular formula is C12H21ClN4O. The van der Waals surface area contributed by atoms with Crippen molar-refractivity contribution >= 4 is 17.3 Å². The molecule has 0 fully saturated rings. The molecule has 1 rings (SSSR count). The van der Waals surface area contributed by atoms with Crippen LogP contribution in [0.15, 0.2) is 11.0 Å².